The fraction of sp³-hybridized carbons (Fsp3) is 0.450. The van der Waals surface area contributed by atoms with Gasteiger partial charge in [-0.05, 0) is 37.1 Å². The summed E-state index contributed by atoms with van der Waals surface area (Å²) in [5.41, 5.74) is 1.10. The van der Waals surface area contributed by atoms with Gasteiger partial charge in [0.05, 0.1) is 22.3 Å². The number of piperidine rings is 1. The van der Waals surface area contributed by atoms with Crippen LogP contribution in [0.5, 0.6) is 0 Å². The fourth-order valence-electron chi connectivity index (χ4n) is 3.23. The Labute approximate surface area is 168 Å². The van der Waals surface area contributed by atoms with E-state index in [0.717, 1.165) is 5.69 Å². The van der Waals surface area contributed by atoms with Gasteiger partial charge in [0.1, 0.15) is 0 Å². The van der Waals surface area contributed by atoms with Gasteiger partial charge in [-0.1, -0.05) is 44.0 Å². The lowest BCUT2D eigenvalue weighted by molar-refractivity contribution is 0.0687. The van der Waals surface area contributed by atoms with Crippen LogP contribution in [0.3, 0.4) is 0 Å². The third-order valence-corrected chi connectivity index (χ3v) is 5.40. The standard InChI is InChI=1S/C20H23Cl2N3O2/c1-20(2,3)17-6-7-18(26)25(23-17)14-8-10-24(11-9-14)19(27)15-5-4-13(21)12-16(15)22/h4-7,12,14H,8-11H2,1-3H3. The van der Waals surface area contributed by atoms with Gasteiger partial charge in [0, 0.05) is 29.6 Å². The quantitative estimate of drug-likeness (QED) is 0.744. The molecule has 1 saturated heterocycles. The fourth-order valence-corrected chi connectivity index (χ4v) is 3.72. The molecule has 0 spiro atoms. The third kappa shape index (κ3) is 4.36. The van der Waals surface area contributed by atoms with E-state index in [9.17, 15) is 9.59 Å². The Bertz CT molecular complexity index is 910. The highest BCUT2D eigenvalue weighted by atomic mass is 35.5. The molecule has 0 aliphatic carbocycles. The van der Waals surface area contributed by atoms with Crippen LogP contribution in [0.2, 0.25) is 10.0 Å². The summed E-state index contributed by atoms with van der Waals surface area (Å²) in [6.07, 6.45) is 1.36. The molecule has 1 aromatic carbocycles. The summed E-state index contributed by atoms with van der Waals surface area (Å²) in [5, 5.41) is 5.44. The van der Waals surface area contributed by atoms with Crippen LogP contribution in [0.15, 0.2) is 35.1 Å². The highest BCUT2D eigenvalue weighted by Crippen LogP contribution is 2.26. The minimum atomic E-state index is -0.128. The topological polar surface area (TPSA) is 55.2 Å². The third-order valence-electron chi connectivity index (χ3n) is 4.85. The van der Waals surface area contributed by atoms with Gasteiger partial charge < -0.3 is 4.90 Å². The van der Waals surface area contributed by atoms with E-state index < -0.39 is 0 Å². The van der Waals surface area contributed by atoms with Gasteiger partial charge in [-0.25, -0.2) is 4.68 Å². The predicted molar refractivity (Wildman–Crippen MR) is 108 cm³/mol. The minimum Gasteiger partial charge on any atom is -0.338 e. The lowest BCUT2D eigenvalue weighted by atomic mass is 9.92. The molecule has 0 N–H and O–H groups in total. The van der Waals surface area contributed by atoms with E-state index in [1.807, 2.05) is 0 Å². The Balaban J connectivity index is 1.74. The summed E-state index contributed by atoms with van der Waals surface area (Å²) in [6.45, 7) is 7.32. The van der Waals surface area contributed by atoms with E-state index in [4.69, 9.17) is 23.2 Å². The van der Waals surface area contributed by atoms with Crippen molar-refractivity contribution in [3.8, 4) is 0 Å². The first-order valence-electron chi connectivity index (χ1n) is 9.01. The number of halogens is 2. The Morgan fingerprint density at radius 1 is 1.11 bits per heavy atom. The summed E-state index contributed by atoms with van der Waals surface area (Å²) in [4.78, 5) is 26.8. The summed E-state index contributed by atoms with van der Waals surface area (Å²) in [6, 6.07) is 8.25. The normalized spacial score (nSPS) is 15.8. The maximum atomic E-state index is 12.7. The number of carbonyl (C=O) groups excluding carboxylic acids is 1. The second-order valence-corrected chi connectivity index (χ2v) is 8.74. The number of hydrogen-bond donors (Lipinski definition) is 0. The maximum absolute atomic E-state index is 12.7. The molecule has 5 nitrogen and oxygen atoms in total. The van der Waals surface area contributed by atoms with Gasteiger partial charge in [0.15, 0.2) is 0 Å². The van der Waals surface area contributed by atoms with Crippen LogP contribution in [0.25, 0.3) is 0 Å². The van der Waals surface area contributed by atoms with Crippen molar-refractivity contribution >= 4 is 29.1 Å². The van der Waals surface area contributed by atoms with Crippen molar-refractivity contribution < 1.29 is 4.79 Å². The number of benzene rings is 1. The number of amides is 1. The highest BCUT2D eigenvalue weighted by Gasteiger charge is 2.27. The number of nitrogens with zero attached hydrogens (tertiary/aromatic N) is 3. The van der Waals surface area contributed by atoms with Crippen LogP contribution < -0.4 is 5.56 Å². The summed E-state index contributed by atoms with van der Waals surface area (Å²) in [5.74, 6) is -0.112. The van der Waals surface area contributed by atoms with E-state index in [-0.39, 0.29) is 22.9 Å². The van der Waals surface area contributed by atoms with E-state index in [1.54, 1.807) is 39.9 Å². The molecule has 7 heteroatoms. The van der Waals surface area contributed by atoms with E-state index in [2.05, 4.69) is 25.9 Å². The van der Waals surface area contributed by atoms with Crippen LogP contribution in [-0.4, -0.2) is 33.7 Å². The Morgan fingerprint density at radius 2 is 1.78 bits per heavy atom. The molecule has 27 heavy (non-hydrogen) atoms. The van der Waals surface area contributed by atoms with E-state index in [0.29, 0.717) is 41.5 Å². The summed E-state index contributed by atoms with van der Waals surface area (Å²) < 4.78 is 1.58. The Kier molecular flexibility index (Phi) is 5.63. The van der Waals surface area contributed by atoms with Gasteiger partial charge in [-0.15, -0.1) is 0 Å². The Morgan fingerprint density at radius 3 is 2.37 bits per heavy atom. The van der Waals surface area contributed by atoms with Crippen molar-refractivity contribution in [3.63, 3.8) is 0 Å². The molecule has 0 unspecified atom stereocenters. The summed E-state index contributed by atoms with van der Waals surface area (Å²) in [7, 11) is 0. The van der Waals surface area contributed by atoms with Crippen molar-refractivity contribution in [2.24, 2.45) is 0 Å². The molecule has 0 atom stereocenters. The van der Waals surface area contributed by atoms with Crippen LogP contribution in [0.4, 0.5) is 0 Å². The molecule has 1 aliphatic heterocycles. The van der Waals surface area contributed by atoms with Crippen LogP contribution >= 0.6 is 23.2 Å². The number of rotatable bonds is 2. The van der Waals surface area contributed by atoms with Gasteiger partial charge in [-0.3, -0.25) is 9.59 Å². The van der Waals surface area contributed by atoms with Gasteiger partial charge >= 0.3 is 0 Å². The highest BCUT2D eigenvalue weighted by molar-refractivity contribution is 6.36. The summed E-state index contributed by atoms with van der Waals surface area (Å²) >= 11 is 12.1. The molecule has 1 amide bonds. The molecule has 144 valence electrons. The first-order chi connectivity index (χ1) is 12.7. The van der Waals surface area contributed by atoms with E-state index in [1.165, 1.54) is 0 Å². The van der Waals surface area contributed by atoms with Crippen LogP contribution in [0.1, 0.15) is 55.7 Å². The minimum absolute atomic E-state index is 0.00969. The zero-order valence-corrected chi connectivity index (χ0v) is 17.2. The first-order valence-corrected chi connectivity index (χ1v) is 9.77. The van der Waals surface area contributed by atoms with Crippen LogP contribution in [-0.2, 0) is 5.41 Å². The molecule has 2 heterocycles. The monoisotopic (exact) mass is 407 g/mol. The number of carbonyl (C=O) groups is 1. The molecule has 1 aromatic heterocycles. The smallest absolute Gasteiger partial charge is 0.267 e. The molecular weight excluding hydrogens is 385 g/mol. The lowest BCUT2D eigenvalue weighted by Gasteiger charge is -2.33. The maximum Gasteiger partial charge on any atom is 0.267 e. The molecule has 3 rings (SSSR count). The number of aromatic nitrogens is 2. The zero-order valence-electron chi connectivity index (χ0n) is 15.7. The molecule has 2 aromatic rings. The van der Waals surface area contributed by atoms with Crippen molar-refractivity contribution in [1.29, 1.82) is 0 Å². The van der Waals surface area contributed by atoms with Crippen molar-refractivity contribution in [2.45, 2.75) is 45.1 Å². The molecule has 1 aliphatic rings. The average Bonchev–Trinajstić information content (AvgIpc) is 2.61. The van der Waals surface area contributed by atoms with Crippen molar-refractivity contribution in [2.75, 3.05) is 13.1 Å². The lowest BCUT2D eigenvalue weighted by Crippen LogP contribution is -2.41. The average molecular weight is 408 g/mol. The van der Waals surface area contributed by atoms with Gasteiger partial charge in [0.2, 0.25) is 0 Å². The molecule has 1 fully saturated rings. The van der Waals surface area contributed by atoms with Crippen LogP contribution in [0, 0.1) is 0 Å². The second kappa shape index (κ2) is 7.64. The molecular formula is C20H23Cl2N3O2. The van der Waals surface area contributed by atoms with E-state index >= 15 is 0 Å². The zero-order chi connectivity index (χ0) is 19.8. The SMILES string of the molecule is CC(C)(C)c1ccc(=O)n(C2CCN(C(=O)c3ccc(Cl)cc3Cl)CC2)n1. The number of likely N-dealkylation sites (tertiary alicyclic amines) is 1. The van der Waals surface area contributed by atoms with Gasteiger partial charge in [0.25, 0.3) is 11.5 Å². The molecule has 0 bridgehead atoms. The largest absolute Gasteiger partial charge is 0.338 e. The van der Waals surface area contributed by atoms with Crippen molar-refractivity contribution in [1.82, 2.24) is 14.7 Å². The number of hydrogen-bond acceptors (Lipinski definition) is 3. The van der Waals surface area contributed by atoms with Crippen molar-refractivity contribution in [3.05, 3.63) is 62.0 Å². The molecule has 0 saturated carbocycles. The first kappa shape index (κ1) is 19.9. The second-order valence-electron chi connectivity index (χ2n) is 7.90. The van der Waals surface area contributed by atoms with Gasteiger partial charge in [-0.2, -0.15) is 5.10 Å². The Hall–Kier alpha value is -1.85. The predicted octanol–water partition coefficient (Wildman–Crippen LogP) is 4.32. The molecule has 0 radical (unpaired) electrons.